The topological polar surface area (TPSA) is 92.5 Å². The van der Waals surface area contributed by atoms with E-state index in [2.05, 4.69) is 5.32 Å². The molecule has 1 aromatic carbocycles. The lowest BCUT2D eigenvalue weighted by molar-refractivity contribution is -0.384. The number of aliphatic carboxylic acids is 1. The first kappa shape index (κ1) is 13.6. The van der Waals surface area contributed by atoms with Crippen LogP contribution in [0.3, 0.4) is 0 Å². The van der Waals surface area contributed by atoms with Gasteiger partial charge in [0.1, 0.15) is 0 Å². The molecule has 102 valence electrons. The third-order valence-electron chi connectivity index (χ3n) is 3.55. The minimum absolute atomic E-state index is 0.0906. The van der Waals surface area contributed by atoms with E-state index in [9.17, 15) is 20.0 Å². The van der Waals surface area contributed by atoms with E-state index in [1.54, 1.807) is 0 Å². The van der Waals surface area contributed by atoms with Gasteiger partial charge >= 0.3 is 5.97 Å². The van der Waals surface area contributed by atoms with Gasteiger partial charge in [0.25, 0.3) is 5.69 Å². The third kappa shape index (κ3) is 2.63. The Bertz CT molecular complexity index is 528. The number of halogens is 1. The maximum absolute atomic E-state index is 11.2. The number of nitro groups is 1. The van der Waals surface area contributed by atoms with Crippen molar-refractivity contribution in [3.05, 3.63) is 33.3 Å². The molecule has 2 rings (SSSR count). The Hall–Kier alpha value is -1.82. The van der Waals surface area contributed by atoms with Crippen LogP contribution in [0.1, 0.15) is 19.3 Å². The number of non-ortho nitro benzene ring substituents is 1. The molecule has 2 N–H and O–H groups in total. The van der Waals surface area contributed by atoms with E-state index in [-0.39, 0.29) is 17.3 Å². The number of hydrogen-bond donors (Lipinski definition) is 2. The summed E-state index contributed by atoms with van der Waals surface area (Å²) < 4.78 is 0. The molecule has 19 heavy (non-hydrogen) atoms. The van der Waals surface area contributed by atoms with Crippen molar-refractivity contribution in [3.8, 4) is 0 Å². The Morgan fingerprint density at radius 3 is 2.63 bits per heavy atom. The quantitative estimate of drug-likeness (QED) is 0.640. The van der Waals surface area contributed by atoms with E-state index >= 15 is 0 Å². The molecule has 0 aromatic heterocycles. The SMILES string of the molecule is O=C(O)C1(CNc2ccc([N+](=O)[O-])cc2Cl)CCC1. The predicted octanol–water partition coefficient (Wildman–Crippen LogP) is 2.92. The average molecular weight is 285 g/mol. The largest absolute Gasteiger partial charge is 0.481 e. The van der Waals surface area contributed by atoms with Crippen molar-refractivity contribution < 1.29 is 14.8 Å². The van der Waals surface area contributed by atoms with E-state index in [4.69, 9.17) is 11.6 Å². The van der Waals surface area contributed by atoms with Crippen LogP contribution in [0.2, 0.25) is 5.02 Å². The number of nitrogens with one attached hydrogen (secondary N) is 1. The molecule has 1 aromatic rings. The normalized spacial score (nSPS) is 16.5. The first-order chi connectivity index (χ1) is 8.94. The maximum atomic E-state index is 11.2. The molecule has 0 amide bonds. The van der Waals surface area contributed by atoms with Gasteiger partial charge in [-0.2, -0.15) is 0 Å². The van der Waals surface area contributed by atoms with Gasteiger partial charge in [-0.3, -0.25) is 14.9 Å². The molecule has 0 spiro atoms. The van der Waals surface area contributed by atoms with Crippen LogP contribution >= 0.6 is 11.6 Å². The van der Waals surface area contributed by atoms with Crippen LogP contribution in [-0.2, 0) is 4.79 Å². The molecule has 0 atom stereocenters. The molecule has 1 saturated carbocycles. The van der Waals surface area contributed by atoms with Crippen molar-refractivity contribution in [2.24, 2.45) is 5.41 Å². The molecule has 1 aliphatic carbocycles. The molecule has 6 nitrogen and oxygen atoms in total. The number of carboxylic acid groups (broad SMARTS) is 1. The fraction of sp³-hybridized carbons (Fsp3) is 0.417. The zero-order chi connectivity index (χ0) is 14.0. The Morgan fingerprint density at radius 2 is 2.21 bits per heavy atom. The molecule has 1 fully saturated rings. The summed E-state index contributed by atoms with van der Waals surface area (Å²) in [4.78, 5) is 21.2. The Morgan fingerprint density at radius 1 is 1.53 bits per heavy atom. The second kappa shape index (κ2) is 5.05. The van der Waals surface area contributed by atoms with Crippen LogP contribution < -0.4 is 5.32 Å². The second-order valence-electron chi connectivity index (χ2n) is 4.71. The van der Waals surface area contributed by atoms with E-state index < -0.39 is 16.3 Å². The first-order valence-electron chi connectivity index (χ1n) is 5.86. The summed E-state index contributed by atoms with van der Waals surface area (Å²) in [5.74, 6) is -0.815. The number of rotatable bonds is 5. The maximum Gasteiger partial charge on any atom is 0.311 e. The molecule has 0 bridgehead atoms. The number of hydrogen-bond acceptors (Lipinski definition) is 4. The molecule has 7 heteroatoms. The van der Waals surface area contributed by atoms with Gasteiger partial charge in [0.05, 0.1) is 21.0 Å². The number of nitrogens with zero attached hydrogens (tertiary/aromatic N) is 1. The van der Waals surface area contributed by atoms with Crippen LogP contribution in [0.5, 0.6) is 0 Å². The molecule has 1 aliphatic rings. The fourth-order valence-corrected chi connectivity index (χ4v) is 2.34. The summed E-state index contributed by atoms with van der Waals surface area (Å²) in [6.45, 7) is 0.278. The van der Waals surface area contributed by atoms with Gasteiger partial charge in [-0.15, -0.1) is 0 Å². The highest BCUT2D eigenvalue weighted by molar-refractivity contribution is 6.33. The molecular weight excluding hydrogens is 272 g/mol. The molecular formula is C12H13ClN2O4. The summed E-state index contributed by atoms with van der Waals surface area (Å²) in [5.41, 5.74) is -0.308. The third-order valence-corrected chi connectivity index (χ3v) is 3.86. The number of anilines is 1. The molecule has 0 unspecified atom stereocenters. The minimum atomic E-state index is -0.815. The van der Waals surface area contributed by atoms with Gasteiger partial charge in [0, 0.05) is 18.7 Å². The van der Waals surface area contributed by atoms with Gasteiger partial charge in [0.2, 0.25) is 0 Å². The lowest BCUT2D eigenvalue weighted by Gasteiger charge is -2.37. The number of carbonyl (C=O) groups is 1. The highest BCUT2D eigenvalue weighted by Crippen LogP contribution is 2.41. The van der Waals surface area contributed by atoms with Crippen molar-refractivity contribution in [1.29, 1.82) is 0 Å². The number of carboxylic acids is 1. The van der Waals surface area contributed by atoms with Gasteiger partial charge in [-0.25, -0.2) is 0 Å². The Kier molecular flexibility index (Phi) is 3.61. The molecule has 0 saturated heterocycles. The second-order valence-corrected chi connectivity index (χ2v) is 5.12. The number of nitro benzene ring substituents is 1. The zero-order valence-corrected chi connectivity index (χ0v) is 10.8. The van der Waals surface area contributed by atoms with Gasteiger partial charge < -0.3 is 10.4 Å². The smallest absolute Gasteiger partial charge is 0.311 e. The average Bonchev–Trinajstić information content (AvgIpc) is 2.28. The van der Waals surface area contributed by atoms with Crippen molar-refractivity contribution in [3.63, 3.8) is 0 Å². The summed E-state index contributed by atoms with van der Waals surface area (Å²) in [5, 5.41) is 22.9. The standard InChI is InChI=1S/C12H13ClN2O4/c13-9-6-8(15(18)19)2-3-10(9)14-7-12(11(16)17)4-1-5-12/h2-3,6,14H,1,4-5,7H2,(H,16,17). The fourth-order valence-electron chi connectivity index (χ4n) is 2.10. The van der Waals surface area contributed by atoms with Gasteiger partial charge in [-0.1, -0.05) is 18.0 Å². The van der Waals surface area contributed by atoms with Crippen molar-refractivity contribution >= 4 is 28.9 Å². The monoisotopic (exact) mass is 284 g/mol. The molecule has 0 aliphatic heterocycles. The number of benzene rings is 1. The van der Waals surface area contributed by atoms with Crippen LogP contribution in [0.25, 0.3) is 0 Å². The van der Waals surface area contributed by atoms with Gasteiger partial charge in [0.15, 0.2) is 0 Å². The van der Waals surface area contributed by atoms with Crippen LogP contribution in [-0.4, -0.2) is 22.5 Å². The minimum Gasteiger partial charge on any atom is -0.481 e. The van der Waals surface area contributed by atoms with E-state index in [0.29, 0.717) is 18.5 Å². The zero-order valence-electron chi connectivity index (χ0n) is 10.1. The van der Waals surface area contributed by atoms with Crippen molar-refractivity contribution in [2.75, 3.05) is 11.9 Å². The van der Waals surface area contributed by atoms with Crippen LogP contribution in [0.15, 0.2) is 18.2 Å². The first-order valence-corrected chi connectivity index (χ1v) is 6.24. The van der Waals surface area contributed by atoms with Crippen molar-refractivity contribution in [2.45, 2.75) is 19.3 Å². The predicted molar refractivity (Wildman–Crippen MR) is 70.5 cm³/mol. The lowest BCUT2D eigenvalue weighted by atomic mass is 9.69. The van der Waals surface area contributed by atoms with E-state index in [0.717, 1.165) is 6.42 Å². The van der Waals surface area contributed by atoms with Gasteiger partial charge in [-0.05, 0) is 18.9 Å². The van der Waals surface area contributed by atoms with E-state index in [1.165, 1.54) is 18.2 Å². The Balaban J connectivity index is 2.08. The molecule has 0 heterocycles. The summed E-state index contributed by atoms with van der Waals surface area (Å²) in [6, 6.07) is 4.08. The summed E-state index contributed by atoms with van der Waals surface area (Å²) >= 11 is 5.93. The Labute approximate surface area is 114 Å². The summed E-state index contributed by atoms with van der Waals surface area (Å²) in [6.07, 6.45) is 2.18. The van der Waals surface area contributed by atoms with Crippen molar-refractivity contribution in [1.82, 2.24) is 0 Å². The van der Waals surface area contributed by atoms with Crippen LogP contribution in [0, 0.1) is 15.5 Å². The highest BCUT2D eigenvalue weighted by atomic mass is 35.5. The van der Waals surface area contributed by atoms with E-state index in [1.807, 2.05) is 0 Å². The summed E-state index contributed by atoms with van der Waals surface area (Å²) in [7, 11) is 0. The lowest BCUT2D eigenvalue weighted by Crippen LogP contribution is -2.43. The van der Waals surface area contributed by atoms with Crippen LogP contribution in [0.4, 0.5) is 11.4 Å². The molecule has 0 radical (unpaired) electrons. The highest BCUT2D eigenvalue weighted by Gasteiger charge is 2.44.